The van der Waals surface area contributed by atoms with Gasteiger partial charge in [-0.15, -0.1) is 0 Å². The number of nitriles is 1. The second-order valence-corrected chi connectivity index (χ2v) is 4.50. The Labute approximate surface area is 96.5 Å². The number of nitrogens with zero attached hydrogens (tertiary/aromatic N) is 2. The highest BCUT2D eigenvalue weighted by molar-refractivity contribution is 5.51. The smallest absolute Gasteiger partial charge is 0.0666 e. The number of fused-ring (bicyclic) bond motifs is 1. The first-order chi connectivity index (χ1) is 7.70. The number of rotatable bonds is 2. The summed E-state index contributed by atoms with van der Waals surface area (Å²) in [6, 6.07) is 8.40. The quantitative estimate of drug-likeness (QED) is 0.765. The molecule has 0 bridgehead atoms. The predicted octanol–water partition coefficient (Wildman–Crippen LogP) is 1.79. The van der Waals surface area contributed by atoms with E-state index < -0.39 is 0 Å². The normalized spacial score (nSPS) is 17.5. The molecule has 0 aliphatic carbocycles. The Morgan fingerprint density at radius 2 is 2.38 bits per heavy atom. The lowest BCUT2D eigenvalue weighted by Gasteiger charge is -2.30. The first kappa shape index (κ1) is 11.0. The minimum atomic E-state index is 0.0893. The van der Waals surface area contributed by atoms with Crippen LogP contribution in [0.2, 0.25) is 0 Å². The van der Waals surface area contributed by atoms with E-state index in [0.29, 0.717) is 0 Å². The highest BCUT2D eigenvalue weighted by Crippen LogP contribution is 2.24. The molecule has 1 heterocycles. The first-order valence-electron chi connectivity index (χ1n) is 5.69. The average molecular weight is 215 g/mol. The minimum absolute atomic E-state index is 0.0893. The predicted molar refractivity (Wildman–Crippen MR) is 64.6 cm³/mol. The van der Waals surface area contributed by atoms with Gasteiger partial charge in [0, 0.05) is 25.3 Å². The van der Waals surface area contributed by atoms with Crippen molar-refractivity contribution in [2.24, 2.45) is 5.92 Å². The van der Waals surface area contributed by atoms with Gasteiger partial charge in [0.25, 0.3) is 0 Å². The number of nitrogen functional groups attached to an aromatic ring is 1. The Morgan fingerprint density at radius 3 is 3.12 bits per heavy atom. The van der Waals surface area contributed by atoms with Crippen molar-refractivity contribution in [2.75, 3.05) is 18.8 Å². The molecule has 2 N–H and O–H groups in total. The number of anilines is 1. The third kappa shape index (κ3) is 2.17. The maximum atomic E-state index is 8.81. The van der Waals surface area contributed by atoms with E-state index in [1.807, 2.05) is 19.1 Å². The highest BCUT2D eigenvalue weighted by Gasteiger charge is 2.19. The summed E-state index contributed by atoms with van der Waals surface area (Å²) in [5, 5.41) is 8.81. The lowest BCUT2D eigenvalue weighted by Crippen LogP contribution is -2.34. The fraction of sp³-hybridized carbons (Fsp3) is 0.462. The number of hydrogen-bond acceptors (Lipinski definition) is 3. The van der Waals surface area contributed by atoms with Crippen LogP contribution in [-0.4, -0.2) is 18.0 Å². The summed E-state index contributed by atoms with van der Waals surface area (Å²) >= 11 is 0. The van der Waals surface area contributed by atoms with E-state index in [0.717, 1.165) is 31.7 Å². The average Bonchev–Trinajstić information content (AvgIpc) is 2.30. The van der Waals surface area contributed by atoms with Crippen LogP contribution in [0, 0.1) is 17.2 Å². The standard InChI is InChI=1S/C13H17N3/c1-10(7-14)8-16-6-5-11-3-2-4-13(15)12(11)9-16/h2-4,10H,5-6,8-9,15H2,1H3. The molecule has 3 heteroatoms. The fourth-order valence-electron chi connectivity index (χ4n) is 2.25. The Morgan fingerprint density at radius 1 is 1.56 bits per heavy atom. The van der Waals surface area contributed by atoms with E-state index in [9.17, 15) is 0 Å². The van der Waals surface area contributed by atoms with Gasteiger partial charge in [0.2, 0.25) is 0 Å². The Kier molecular flexibility index (Phi) is 3.12. The molecule has 1 aromatic carbocycles. The fourth-order valence-corrected chi connectivity index (χ4v) is 2.25. The second kappa shape index (κ2) is 4.54. The molecular weight excluding hydrogens is 198 g/mol. The maximum absolute atomic E-state index is 8.81. The van der Waals surface area contributed by atoms with E-state index >= 15 is 0 Å². The second-order valence-electron chi connectivity index (χ2n) is 4.50. The van der Waals surface area contributed by atoms with Crippen molar-refractivity contribution in [1.82, 2.24) is 4.90 Å². The molecule has 0 fully saturated rings. The Balaban J connectivity index is 2.12. The molecule has 84 valence electrons. The molecule has 2 rings (SSSR count). The minimum Gasteiger partial charge on any atom is -0.398 e. The van der Waals surface area contributed by atoms with Crippen LogP contribution in [0.3, 0.4) is 0 Å². The van der Waals surface area contributed by atoms with Crippen molar-refractivity contribution in [2.45, 2.75) is 19.9 Å². The maximum Gasteiger partial charge on any atom is 0.0666 e. The number of hydrogen-bond donors (Lipinski definition) is 1. The van der Waals surface area contributed by atoms with Crippen LogP contribution in [0.5, 0.6) is 0 Å². The van der Waals surface area contributed by atoms with Gasteiger partial charge in [0.15, 0.2) is 0 Å². The highest BCUT2D eigenvalue weighted by atomic mass is 15.1. The molecule has 1 aliphatic heterocycles. The third-order valence-corrected chi connectivity index (χ3v) is 3.14. The van der Waals surface area contributed by atoms with E-state index in [2.05, 4.69) is 17.0 Å². The van der Waals surface area contributed by atoms with Crippen molar-refractivity contribution in [1.29, 1.82) is 5.26 Å². The van der Waals surface area contributed by atoms with Crippen LogP contribution in [0.25, 0.3) is 0 Å². The van der Waals surface area contributed by atoms with Gasteiger partial charge in [-0.25, -0.2) is 0 Å². The molecule has 1 aromatic rings. The molecule has 0 saturated heterocycles. The SMILES string of the molecule is CC(C#N)CN1CCc2cccc(N)c2C1. The summed E-state index contributed by atoms with van der Waals surface area (Å²) in [6.45, 7) is 4.71. The van der Waals surface area contributed by atoms with Crippen LogP contribution in [0.4, 0.5) is 5.69 Å². The number of benzene rings is 1. The van der Waals surface area contributed by atoms with Gasteiger partial charge in [-0.05, 0) is 30.5 Å². The van der Waals surface area contributed by atoms with E-state index in [1.165, 1.54) is 11.1 Å². The van der Waals surface area contributed by atoms with Gasteiger partial charge in [-0.1, -0.05) is 12.1 Å². The topological polar surface area (TPSA) is 53.0 Å². The zero-order chi connectivity index (χ0) is 11.5. The van der Waals surface area contributed by atoms with Gasteiger partial charge in [-0.3, -0.25) is 4.90 Å². The summed E-state index contributed by atoms with van der Waals surface area (Å²) in [6.07, 6.45) is 1.04. The van der Waals surface area contributed by atoms with E-state index in [1.54, 1.807) is 0 Å². The molecule has 0 spiro atoms. The summed E-state index contributed by atoms with van der Waals surface area (Å²) in [7, 11) is 0. The van der Waals surface area contributed by atoms with Crippen molar-refractivity contribution in [3.05, 3.63) is 29.3 Å². The molecule has 1 unspecified atom stereocenters. The molecule has 16 heavy (non-hydrogen) atoms. The molecule has 0 aromatic heterocycles. The molecule has 0 amide bonds. The van der Waals surface area contributed by atoms with E-state index in [4.69, 9.17) is 11.0 Å². The van der Waals surface area contributed by atoms with Gasteiger partial charge < -0.3 is 5.73 Å². The lowest BCUT2D eigenvalue weighted by atomic mass is 9.97. The van der Waals surface area contributed by atoms with Crippen LogP contribution in [0.1, 0.15) is 18.1 Å². The van der Waals surface area contributed by atoms with Gasteiger partial charge in [0.1, 0.15) is 0 Å². The summed E-state index contributed by atoms with van der Waals surface area (Å²) in [5.41, 5.74) is 9.47. The van der Waals surface area contributed by atoms with Crippen LogP contribution in [0.15, 0.2) is 18.2 Å². The lowest BCUT2D eigenvalue weighted by molar-refractivity contribution is 0.237. The summed E-state index contributed by atoms with van der Waals surface area (Å²) in [4.78, 5) is 2.31. The third-order valence-electron chi connectivity index (χ3n) is 3.14. The zero-order valence-electron chi connectivity index (χ0n) is 9.61. The largest absolute Gasteiger partial charge is 0.398 e. The number of nitrogens with two attached hydrogens (primary N) is 1. The Bertz CT molecular complexity index is 420. The molecule has 1 aliphatic rings. The molecule has 0 radical (unpaired) electrons. The summed E-state index contributed by atoms with van der Waals surface area (Å²) in [5.74, 6) is 0.0893. The Hall–Kier alpha value is -1.53. The monoisotopic (exact) mass is 215 g/mol. The van der Waals surface area contributed by atoms with Crippen molar-refractivity contribution < 1.29 is 0 Å². The van der Waals surface area contributed by atoms with E-state index in [-0.39, 0.29) is 5.92 Å². The molecular formula is C13H17N3. The van der Waals surface area contributed by atoms with Crippen LogP contribution in [-0.2, 0) is 13.0 Å². The zero-order valence-corrected chi connectivity index (χ0v) is 9.61. The summed E-state index contributed by atoms with van der Waals surface area (Å²) < 4.78 is 0. The van der Waals surface area contributed by atoms with Crippen LogP contribution >= 0.6 is 0 Å². The van der Waals surface area contributed by atoms with Gasteiger partial charge in [0.05, 0.1) is 12.0 Å². The van der Waals surface area contributed by atoms with Gasteiger partial charge >= 0.3 is 0 Å². The van der Waals surface area contributed by atoms with Crippen molar-refractivity contribution >= 4 is 5.69 Å². The van der Waals surface area contributed by atoms with Crippen molar-refractivity contribution in [3.63, 3.8) is 0 Å². The van der Waals surface area contributed by atoms with Crippen LogP contribution < -0.4 is 5.73 Å². The first-order valence-corrected chi connectivity index (χ1v) is 5.69. The molecule has 1 atom stereocenters. The van der Waals surface area contributed by atoms with Gasteiger partial charge in [-0.2, -0.15) is 5.26 Å². The van der Waals surface area contributed by atoms with Crippen molar-refractivity contribution in [3.8, 4) is 6.07 Å². The molecule has 3 nitrogen and oxygen atoms in total. The molecule has 0 saturated carbocycles.